The maximum absolute atomic E-state index is 12.3. The predicted molar refractivity (Wildman–Crippen MR) is 111 cm³/mol. The van der Waals surface area contributed by atoms with Crippen molar-refractivity contribution in [3.05, 3.63) is 86.4 Å². The molecule has 0 atom stereocenters. The summed E-state index contributed by atoms with van der Waals surface area (Å²) < 4.78 is 0. The lowest BCUT2D eigenvalue weighted by molar-refractivity contribution is -0.383. The second-order valence-corrected chi connectivity index (χ2v) is 6.83. The van der Waals surface area contributed by atoms with Gasteiger partial charge in [-0.05, 0) is 29.3 Å². The van der Waals surface area contributed by atoms with Crippen molar-refractivity contribution in [3.8, 4) is 0 Å². The van der Waals surface area contributed by atoms with Gasteiger partial charge in [0.1, 0.15) is 10.8 Å². The smallest absolute Gasteiger partial charge is 0.293 e. The second kappa shape index (κ2) is 9.31. The molecule has 0 saturated carbocycles. The summed E-state index contributed by atoms with van der Waals surface area (Å²) in [6, 6.07) is 9.52. The summed E-state index contributed by atoms with van der Waals surface area (Å²) in [5.41, 5.74) is 1.81. The lowest BCUT2D eigenvalue weighted by atomic mass is 10.2. The van der Waals surface area contributed by atoms with Gasteiger partial charge in [0.25, 0.3) is 5.69 Å². The van der Waals surface area contributed by atoms with Crippen LogP contribution in [0.1, 0.15) is 11.1 Å². The summed E-state index contributed by atoms with van der Waals surface area (Å²) >= 11 is 11.9. The third-order valence-electron chi connectivity index (χ3n) is 3.92. The number of nitro benzene ring substituents is 1. The average molecular weight is 432 g/mol. The van der Waals surface area contributed by atoms with Crippen molar-refractivity contribution in [1.82, 2.24) is 9.97 Å². The number of carbonyl (C=O) groups is 1. The molecule has 0 saturated heterocycles. The van der Waals surface area contributed by atoms with Crippen molar-refractivity contribution >= 4 is 46.2 Å². The Hall–Kier alpha value is -3.23. The number of aromatic nitrogens is 2. The van der Waals surface area contributed by atoms with E-state index in [1.807, 2.05) is 6.07 Å². The molecule has 0 bridgehead atoms. The van der Waals surface area contributed by atoms with E-state index in [0.29, 0.717) is 17.3 Å². The maximum atomic E-state index is 12.3. The van der Waals surface area contributed by atoms with Crippen LogP contribution in [0.15, 0.2) is 55.0 Å². The monoisotopic (exact) mass is 431 g/mol. The molecule has 0 spiro atoms. The number of pyridine rings is 2. The SMILES string of the molecule is O=C(Cc1ccc(Cl)nc1)Nc1cc(NCc2cccnc2)c([N+](=O)[O-])cc1Cl. The van der Waals surface area contributed by atoms with Crippen LogP contribution in [0, 0.1) is 10.1 Å². The number of nitrogens with one attached hydrogen (secondary N) is 2. The zero-order valence-corrected chi connectivity index (χ0v) is 16.4. The molecule has 0 radical (unpaired) electrons. The van der Waals surface area contributed by atoms with E-state index in [4.69, 9.17) is 23.2 Å². The zero-order chi connectivity index (χ0) is 20.8. The van der Waals surface area contributed by atoms with Gasteiger partial charge in [-0.25, -0.2) is 4.98 Å². The fourth-order valence-electron chi connectivity index (χ4n) is 2.54. The molecule has 1 amide bonds. The molecule has 2 aromatic heterocycles. The first-order chi connectivity index (χ1) is 13.9. The Balaban J connectivity index is 1.78. The van der Waals surface area contributed by atoms with Crippen LogP contribution in [-0.2, 0) is 17.8 Å². The number of anilines is 2. The van der Waals surface area contributed by atoms with Crippen molar-refractivity contribution in [3.63, 3.8) is 0 Å². The Morgan fingerprint density at radius 3 is 2.59 bits per heavy atom. The van der Waals surface area contributed by atoms with E-state index in [1.54, 1.807) is 30.6 Å². The van der Waals surface area contributed by atoms with Crippen molar-refractivity contribution in [2.24, 2.45) is 0 Å². The van der Waals surface area contributed by atoms with Crippen LogP contribution in [0.3, 0.4) is 0 Å². The minimum atomic E-state index is -0.539. The molecule has 10 heteroatoms. The largest absolute Gasteiger partial charge is 0.375 e. The molecule has 3 aromatic rings. The molecule has 0 aliphatic carbocycles. The van der Waals surface area contributed by atoms with Crippen LogP contribution in [-0.4, -0.2) is 20.8 Å². The standard InChI is InChI=1S/C19H15Cl2N5O3/c20-14-7-17(26(28)29)16(23-11-13-2-1-5-22-9-13)8-15(14)25-19(27)6-12-3-4-18(21)24-10-12/h1-5,7-10,23H,6,11H2,(H,25,27). The summed E-state index contributed by atoms with van der Waals surface area (Å²) in [6.07, 6.45) is 4.84. The first kappa shape index (κ1) is 20.5. The Kier molecular flexibility index (Phi) is 6.58. The first-order valence-corrected chi connectivity index (χ1v) is 9.19. The Bertz CT molecular complexity index is 1030. The quantitative estimate of drug-likeness (QED) is 0.324. The van der Waals surface area contributed by atoms with Gasteiger partial charge < -0.3 is 10.6 Å². The van der Waals surface area contributed by atoms with Crippen LogP contribution in [0.25, 0.3) is 0 Å². The lowest BCUT2D eigenvalue weighted by Gasteiger charge is -2.12. The number of rotatable bonds is 7. The molecule has 0 aliphatic rings. The van der Waals surface area contributed by atoms with Gasteiger partial charge in [-0.1, -0.05) is 35.3 Å². The fraction of sp³-hybridized carbons (Fsp3) is 0.105. The van der Waals surface area contributed by atoms with Crippen molar-refractivity contribution in [2.75, 3.05) is 10.6 Å². The normalized spacial score (nSPS) is 10.4. The first-order valence-electron chi connectivity index (χ1n) is 8.43. The third-order valence-corrected chi connectivity index (χ3v) is 4.45. The highest BCUT2D eigenvalue weighted by molar-refractivity contribution is 6.34. The van der Waals surface area contributed by atoms with Crippen LogP contribution in [0.5, 0.6) is 0 Å². The topological polar surface area (TPSA) is 110 Å². The van der Waals surface area contributed by atoms with Gasteiger partial charge >= 0.3 is 0 Å². The van der Waals surface area contributed by atoms with Gasteiger partial charge in [-0.3, -0.25) is 19.9 Å². The van der Waals surface area contributed by atoms with E-state index >= 15 is 0 Å². The van der Waals surface area contributed by atoms with Crippen LogP contribution in [0.2, 0.25) is 10.2 Å². The van der Waals surface area contributed by atoms with Gasteiger partial charge in [-0.15, -0.1) is 0 Å². The van der Waals surface area contributed by atoms with Crippen LogP contribution < -0.4 is 10.6 Å². The number of carbonyl (C=O) groups excluding carboxylic acids is 1. The predicted octanol–water partition coefficient (Wildman–Crippen LogP) is 4.48. The van der Waals surface area contributed by atoms with E-state index in [0.717, 1.165) is 5.56 Å². The average Bonchev–Trinajstić information content (AvgIpc) is 2.70. The molecule has 0 fully saturated rings. The van der Waals surface area contributed by atoms with Crippen LogP contribution in [0.4, 0.5) is 17.1 Å². The maximum Gasteiger partial charge on any atom is 0.293 e. The van der Waals surface area contributed by atoms with Gasteiger partial charge in [0, 0.05) is 31.2 Å². The highest BCUT2D eigenvalue weighted by Gasteiger charge is 2.19. The van der Waals surface area contributed by atoms with E-state index in [2.05, 4.69) is 20.6 Å². The minimum Gasteiger partial charge on any atom is -0.375 e. The number of halogens is 2. The van der Waals surface area contributed by atoms with E-state index < -0.39 is 4.92 Å². The highest BCUT2D eigenvalue weighted by Crippen LogP contribution is 2.34. The number of hydrogen-bond acceptors (Lipinski definition) is 6. The third kappa shape index (κ3) is 5.63. The lowest BCUT2D eigenvalue weighted by Crippen LogP contribution is -2.15. The molecule has 29 heavy (non-hydrogen) atoms. The van der Waals surface area contributed by atoms with Crippen molar-refractivity contribution in [1.29, 1.82) is 0 Å². The molecular weight excluding hydrogens is 417 g/mol. The molecule has 1 aromatic carbocycles. The number of nitrogens with zero attached hydrogens (tertiary/aromatic N) is 3. The summed E-state index contributed by atoms with van der Waals surface area (Å²) in [7, 11) is 0. The Morgan fingerprint density at radius 1 is 1.10 bits per heavy atom. The van der Waals surface area contributed by atoms with Gasteiger partial charge in [0.2, 0.25) is 5.91 Å². The summed E-state index contributed by atoms with van der Waals surface area (Å²) in [4.78, 5) is 31.1. The number of benzene rings is 1. The van der Waals surface area contributed by atoms with E-state index in [1.165, 1.54) is 18.3 Å². The minimum absolute atomic E-state index is 0.0515. The van der Waals surface area contributed by atoms with Crippen molar-refractivity contribution < 1.29 is 9.72 Å². The molecule has 8 nitrogen and oxygen atoms in total. The van der Waals surface area contributed by atoms with Gasteiger partial charge in [-0.2, -0.15) is 0 Å². The van der Waals surface area contributed by atoms with E-state index in [-0.39, 0.29) is 34.4 Å². The fourth-order valence-corrected chi connectivity index (χ4v) is 2.86. The summed E-state index contributed by atoms with van der Waals surface area (Å²) in [5, 5.41) is 17.4. The van der Waals surface area contributed by atoms with E-state index in [9.17, 15) is 14.9 Å². The Labute approximate surface area is 176 Å². The molecule has 2 N–H and O–H groups in total. The molecule has 2 heterocycles. The molecular formula is C19H15Cl2N5O3. The summed E-state index contributed by atoms with van der Waals surface area (Å²) in [6.45, 7) is 0.320. The number of nitro groups is 1. The highest BCUT2D eigenvalue weighted by atomic mass is 35.5. The second-order valence-electron chi connectivity index (χ2n) is 6.04. The Morgan fingerprint density at radius 2 is 1.93 bits per heavy atom. The number of hydrogen-bond donors (Lipinski definition) is 2. The molecule has 0 aliphatic heterocycles. The summed E-state index contributed by atoms with van der Waals surface area (Å²) in [5.74, 6) is -0.344. The number of amides is 1. The van der Waals surface area contributed by atoms with Crippen molar-refractivity contribution in [2.45, 2.75) is 13.0 Å². The molecule has 0 unspecified atom stereocenters. The molecule has 3 rings (SSSR count). The molecule has 148 valence electrons. The zero-order valence-electron chi connectivity index (χ0n) is 14.9. The van der Waals surface area contributed by atoms with Crippen LogP contribution >= 0.6 is 23.2 Å². The van der Waals surface area contributed by atoms with Gasteiger partial charge in [0.15, 0.2) is 0 Å². The van der Waals surface area contributed by atoms with Gasteiger partial charge in [0.05, 0.1) is 22.1 Å².